The maximum Gasteiger partial charge on any atom is 0.249 e. The number of benzene rings is 3. The van der Waals surface area contributed by atoms with E-state index >= 15 is 0 Å². The summed E-state index contributed by atoms with van der Waals surface area (Å²) in [5.41, 5.74) is 3.45. The van der Waals surface area contributed by atoms with Crippen LogP contribution in [-0.4, -0.2) is 11.5 Å². The minimum Gasteiger partial charge on any atom is -0.496 e. The minimum absolute atomic E-state index is 0.887. The van der Waals surface area contributed by atoms with E-state index in [2.05, 4.69) is 95.3 Å². The lowest BCUT2D eigenvalue weighted by atomic mass is 9.96. The highest BCUT2D eigenvalue weighted by Gasteiger charge is 2.21. The highest BCUT2D eigenvalue weighted by molar-refractivity contribution is 6.07. The average molecular weight is 339 g/mol. The predicted octanol–water partition coefficient (Wildman–Crippen LogP) is 4.75. The summed E-state index contributed by atoms with van der Waals surface area (Å²) in [5.74, 6) is 0.887. The molecular formula is C23H19N2O+. The number of pyridine rings is 1. The third kappa shape index (κ3) is 2.10. The van der Waals surface area contributed by atoms with Gasteiger partial charge in [0.1, 0.15) is 11.9 Å². The lowest BCUT2D eigenvalue weighted by Crippen LogP contribution is -2.23. The Morgan fingerprint density at radius 1 is 0.846 bits per heavy atom. The first-order valence-electron chi connectivity index (χ1n) is 8.71. The Bertz CT molecular complexity index is 1280. The van der Waals surface area contributed by atoms with Crippen LogP contribution in [0.4, 0.5) is 0 Å². The fourth-order valence-corrected chi connectivity index (χ4v) is 3.90. The van der Waals surface area contributed by atoms with Crippen LogP contribution in [0.3, 0.4) is 0 Å². The van der Waals surface area contributed by atoms with Gasteiger partial charge >= 0.3 is 0 Å². The molecule has 0 spiro atoms. The summed E-state index contributed by atoms with van der Waals surface area (Å²) >= 11 is 0. The first-order chi connectivity index (χ1) is 12.8. The third-order valence-corrected chi connectivity index (χ3v) is 5.02. The van der Waals surface area contributed by atoms with Gasteiger partial charge in [-0.15, -0.1) is 0 Å². The van der Waals surface area contributed by atoms with Gasteiger partial charge < -0.3 is 4.74 Å². The Morgan fingerprint density at radius 2 is 1.58 bits per heavy atom. The van der Waals surface area contributed by atoms with Gasteiger partial charge in [-0.2, -0.15) is 4.40 Å². The van der Waals surface area contributed by atoms with Crippen molar-refractivity contribution < 1.29 is 9.30 Å². The van der Waals surface area contributed by atoms with Crippen molar-refractivity contribution in [3.63, 3.8) is 0 Å². The number of methoxy groups -OCH3 is 1. The van der Waals surface area contributed by atoms with Crippen molar-refractivity contribution in [1.29, 1.82) is 0 Å². The van der Waals surface area contributed by atoms with Crippen LogP contribution in [0.5, 0.6) is 5.75 Å². The van der Waals surface area contributed by atoms with Crippen molar-refractivity contribution in [2.45, 2.75) is 0 Å². The lowest BCUT2D eigenvalue weighted by Gasteiger charge is -2.13. The van der Waals surface area contributed by atoms with Gasteiger partial charge in [-0.1, -0.05) is 54.6 Å². The topological polar surface area (TPSA) is 17.5 Å². The molecule has 0 atom stereocenters. The summed E-state index contributed by atoms with van der Waals surface area (Å²) in [6, 6.07) is 23.4. The normalized spacial score (nSPS) is 11.5. The Morgan fingerprint density at radius 3 is 2.38 bits per heavy atom. The summed E-state index contributed by atoms with van der Waals surface area (Å²) in [6.45, 7) is 0. The molecule has 0 N–H and O–H groups in total. The number of ether oxygens (including phenoxy) is 1. The first-order valence-corrected chi connectivity index (χ1v) is 8.71. The number of hydrogen-bond acceptors (Lipinski definition) is 1. The Balaban J connectivity index is 2.06. The van der Waals surface area contributed by atoms with Crippen LogP contribution < -0.4 is 9.30 Å². The highest BCUT2D eigenvalue weighted by Crippen LogP contribution is 2.40. The minimum atomic E-state index is 0.887. The maximum absolute atomic E-state index is 5.79. The number of hydrogen-bond donors (Lipinski definition) is 0. The van der Waals surface area contributed by atoms with Crippen LogP contribution in [0, 0.1) is 0 Å². The maximum atomic E-state index is 5.79. The van der Waals surface area contributed by atoms with Crippen molar-refractivity contribution >= 4 is 27.1 Å². The molecule has 0 radical (unpaired) electrons. The Kier molecular flexibility index (Phi) is 3.22. The molecule has 3 aromatic carbocycles. The monoisotopic (exact) mass is 339 g/mol. The van der Waals surface area contributed by atoms with Gasteiger partial charge in [0.05, 0.1) is 19.7 Å². The largest absolute Gasteiger partial charge is 0.496 e. The molecule has 3 heteroatoms. The second-order valence-corrected chi connectivity index (χ2v) is 6.65. The molecule has 0 aliphatic rings. The van der Waals surface area contributed by atoms with Gasteiger partial charge in [0.2, 0.25) is 6.33 Å². The molecule has 0 saturated heterocycles. The van der Waals surface area contributed by atoms with Gasteiger partial charge in [-0.25, -0.2) is 4.57 Å². The van der Waals surface area contributed by atoms with Crippen molar-refractivity contribution in [1.82, 2.24) is 4.40 Å². The van der Waals surface area contributed by atoms with Crippen molar-refractivity contribution in [2.75, 3.05) is 7.11 Å². The fourth-order valence-electron chi connectivity index (χ4n) is 3.90. The van der Waals surface area contributed by atoms with E-state index in [1.54, 1.807) is 7.11 Å². The standard InChI is InChI=1S/C23H19N2O/c1-24-14-18-13-17-8-4-6-10-20(17)23(25(18)15-24)22-19-9-5-3-7-16(19)11-12-21(22)26-2/h3-15H,1-2H3/q+1. The molecule has 0 saturated carbocycles. The van der Waals surface area contributed by atoms with E-state index < -0.39 is 0 Å². The second-order valence-electron chi connectivity index (χ2n) is 6.65. The number of rotatable bonds is 2. The summed E-state index contributed by atoms with van der Waals surface area (Å²) in [5, 5.41) is 4.84. The molecule has 0 aliphatic heterocycles. The van der Waals surface area contributed by atoms with Crippen LogP contribution in [0.2, 0.25) is 0 Å². The summed E-state index contributed by atoms with van der Waals surface area (Å²) in [4.78, 5) is 0. The zero-order valence-corrected chi connectivity index (χ0v) is 14.8. The molecule has 126 valence electrons. The molecule has 0 amide bonds. The fraction of sp³-hybridized carbons (Fsp3) is 0.0870. The number of aryl methyl sites for hydroxylation is 1. The predicted molar refractivity (Wildman–Crippen MR) is 106 cm³/mol. The SMILES string of the molecule is COc1ccc2ccccc2c1-c1c2ccccc2cc2c[n+](C)cn12. The van der Waals surface area contributed by atoms with Crippen molar-refractivity contribution in [2.24, 2.45) is 7.05 Å². The van der Waals surface area contributed by atoms with Crippen LogP contribution in [-0.2, 0) is 7.05 Å². The molecule has 0 bridgehead atoms. The molecule has 5 aromatic rings. The summed E-state index contributed by atoms with van der Waals surface area (Å²) in [6.07, 6.45) is 4.27. The smallest absolute Gasteiger partial charge is 0.249 e. The summed E-state index contributed by atoms with van der Waals surface area (Å²) in [7, 11) is 3.80. The van der Waals surface area contributed by atoms with Crippen molar-refractivity contribution in [3.8, 4) is 17.0 Å². The molecule has 0 aliphatic carbocycles. The quantitative estimate of drug-likeness (QED) is 0.425. The van der Waals surface area contributed by atoms with E-state index in [0.717, 1.165) is 22.5 Å². The molecular weight excluding hydrogens is 320 g/mol. The average Bonchev–Trinajstić information content (AvgIpc) is 3.05. The second kappa shape index (κ2) is 5.60. The third-order valence-electron chi connectivity index (χ3n) is 5.02. The number of nitrogens with zero attached hydrogens (tertiary/aromatic N) is 2. The van der Waals surface area contributed by atoms with E-state index in [4.69, 9.17) is 4.74 Å². The van der Waals surface area contributed by atoms with Gasteiger partial charge in [-0.05, 0) is 28.3 Å². The molecule has 5 rings (SSSR count). The van der Waals surface area contributed by atoms with E-state index in [9.17, 15) is 0 Å². The van der Waals surface area contributed by atoms with Gasteiger partial charge in [0, 0.05) is 5.39 Å². The van der Waals surface area contributed by atoms with Crippen LogP contribution in [0.15, 0.2) is 79.3 Å². The van der Waals surface area contributed by atoms with Gasteiger partial charge in [0.15, 0.2) is 11.2 Å². The van der Waals surface area contributed by atoms with Crippen LogP contribution in [0.25, 0.3) is 38.3 Å². The number of aromatic nitrogens is 2. The molecule has 3 nitrogen and oxygen atoms in total. The molecule has 26 heavy (non-hydrogen) atoms. The zero-order valence-electron chi connectivity index (χ0n) is 14.8. The molecule has 2 heterocycles. The Hall–Kier alpha value is -3.33. The molecule has 0 unspecified atom stereocenters. The van der Waals surface area contributed by atoms with Crippen LogP contribution >= 0.6 is 0 Å². The lowest BCUT2D eigenvalue weighted by molar-refractivity contribution is -0.669. The van der Waals surface area contributed by atoms with Gasteiger partial charge in [0.25, 0.3) is 0 Å². The summed E-state index contributed by atoms with van der Waals surface area (Å²) < 4.78 is 10.1. The van der Waals surface area contributed by atoms with E-state index in [1.165, 1.54) is 21.5 Å². The number of fused-ring (bicyclic) bond motifs is 3. The zero-order chi connectivity index (χ0) is 17.7. The van der Waals surface area contributed by atoms with Gasteiger partial charge in [-0.3, -0.25) is 0 Å². The molecule has 0 fully saturated rings. The first kappa shape index (κ1) is 15.0. The van der Waals surface area contributed by atoms with Crippen molar-refractivity contribution in [3.05, 3.63) is 79.3 Å². The van der Waals surface area contributed by atoms with E-state index in [1.807, 2.05) is 0 Å². The number of imidazole rings is 1. The Labute approximate surface area is 151 Å². The van der Waals surface area contributed by atoms with E-state index in [-0.39, 0.29) is 0 Å². The van der Waals surface area contributed by atoms with Crippen LogP contribution in [0.1, 0.15) is 0 Å². The highest BCUT2D eigenvalue weighted by atomic mass is 16.5. The molecule has 2 aromatic heterocycles. The van der Waals surface area contributed by atoms with E-state index in [0.29, 0.717) is 0 Å².